The number of nitrogens with two attached hydrogens (primary N) is 1. The topological polar surface area (TPSA) is 108 Å². The second kappa shape index (κ2) is 9.38. The maximum atomic E-state index is 12.1. The highest BCUT2D eigenvalue weighted by molar-refractivity contribution is 7.17. The lowest BCUT2D eigenvalue weighted by molar-refractivity contribution is -0.142. The minimum atomic E-state index is -0.641. The second-order valence-electron chi connectivity index (χ2n) is 6.42. The second-order valence-corrected chi connectivity index (χ2v) is 7.52. The number of carbonyl (C=O) groups is 3. The van der Waals surface area contributed by atoms with Crippen LogP contribution in [0.5, 0.6) is 5.75 Å². The van der Waals surface area contributed by atoms with E-state index >= 15 is 0 Å². The lowest BCUT2D eigenvalue weighted by Gasteiger charge is -2.06. The molecule has 3 N–H and O–H groups in total. The van der Waals surface area contributed by atoms with Gasteiger partial charge in [0.25, 0.3) is 11.8 Å². The summed E-state index contributed by atoms with van der Waals surface area (Å²) < 4.78 is 10.3. The zero-order chi connectivity index (χ0) is 20.8. The molecule has 1 heterocycles. The molecule has 29 heavy (non-hydrogen) atoms. The zero-order valence-corrected chi connectivity index (χ0v) is 16.8. The van der Waals surface area contributed by atoms with Crippen molar-refractivity contribution >= 4 is 40.2 Å². The van der Waals surface area contributed by atoms with Crippen molar-refractivity contribution in [3.8, 4) is 5.75 Å². The minimum absolute atomic E-state index is 0.373. The normalized spacial score (nSPS) is 12.6. The molecule has 7 nitrogen and oxygen atoms in total. The molecule has 2 aromatic rings. The number of esters is 1. The van der Waals surface area contributed by atoms with E-state index in [0.29, 0.717) is 17.2 Å². The van der Waals surface area contributed by atoms with Crippen LogP contribution in [-0.4, -0.2) is 31.0 Å². The third kappa shape index (κ3) is 5.23. The summed E-state index contributed by atoms with van der Waals surface area (Å²) >= 11 is 1.35. The van der Waals surface area contributed by atoms with Crippen LogP contribution in [0.2, 0.25) is 0 Å². The fourth-order valence-electron chi connectivity index (χ4n) is 3.11. The van der Waals surface area contributed by atoms with Gasteiger partial charge in [-0.15, -0.1) is 11.3 Å². The molecule has 0 unspecified atom stereocenters. The molecule has 2 amide bonds. The number of primary amides is 1. The molecule has 1 aromatic carbocycles. The fraction of sp³-hybridized carbons (Fsp3) is 0.286. The van der Waals surface area contributed by atoms with Crippen LogP contribution >= 0.6 is 11.3 Å². The summed E-state index contributed by atoms with van der Waals surface area (Å²) in [4.78, 5) is 36.8. The van der Waals surface area contributed by atoms with Crippen LogP contribution in [0.1, 0.15) is 39.7 Å². The quantitative estimate of drug-likeness (QED) is 0.510. The van der Waals surface area contributed by atoms with Crippen molar-refractivity contribution in [1.29, 1.82) is 0 Å². The molecule has 0 saturated heterocycles. The third-order valence-corrected chi connectivity index (χ3v) is 5.58. The van der Waals surface area contributed by atoms with Crippen LogP contribution in [-0.2, 0) is 27.2 Å². The van der Waals surface area contributed by atoms with E-state index in [4.69, 9.17) is 15.2 Å². The van der Waals surface area contributed by atoms with Gasteiger partial charge in [-0.3, -0.25) is 9.59 Å². The van der Waals surface area contributed by atoms with Crippen LogP contribution in [0.25, 0.3) is 6.08 Å². The van der Waals surface area contributed by atoms with E-state index in [0.717, 1.165) is 41.0 Å². The van der Waals surface area contributed by atoms with Gasteiger partial charge in [0.05, 0.1) is 12.2 Å². The Labute approximate surface area is 172 Å². The summed E-state index contributed by atoms with van der Waals surface area (Å²) in [6.07, 6.45) is 5.48. The number of thiophene rings is 1. The predicted molar refractivity (Wildman–Crippen MR) is 111 cm³/mol. The molecule has 0 spiro atoms. The van der Waals surface area contributed by atoms with Gasteiger partial charge < -0.3 is 20.5 Å². The molecular weight excluding hydrogens is 392 g/mol. The smallest absolute Gasteiger partial charge is 0.331 e. The molecule has 0 fully saturated rings. The van der Waals surface area contributed by atoms with E-state index in [1.165, 1.54) is 17.4 Å². The molecule has 1 aliphatic rings. The number of benzene rings is 1. The van der Waals surface area contributed by atoms with Gasteiger partial charge >= 0.3 is 5.97 Å². The molecule has 0 radical (unpaired) electrons. The van der Waals surface area contributed by atoms with E-state index in [2.05, 4.69) is 5.32 Å². The van der Waals surface area contributed by atoms with Crippen LogP contribution in [0.4, 0.5) is 5.00 Å². The van der Waals surface area contributed by atoms with Crippen LogP contribution in [0, 0.1) is 0 Å². The van der Waals surface area contributed by atoms with Crippen LogP contribution < -0.4 is 15.8 Å². The predicted octanol–water partition coefficient (Wildman–Crippen LogP) is 2.93. The summed E-state index contributed by atoms with van der Waals surface area (Å²) in [5, 5.41) is 3.06. The van der Waals surface area contributed by atoms with Crippen molar-refractivity contribution in [2.24, 2.45) is 5.73 Å². The average molecular weight is 414 g/mol. The van der Waals surface area contributed by atoms with Gasteiger partial charge in [0.1, 0.15) is 10.8 Å². The number of nitrogens with one attached hydrogen (secondary N) is 1. The van der Waals surface area contributed by atoms with Gasteiger partial charge in [-0.25, -0.2) is 4.79 Å². The largest absolute Gasteiger partial charge is 0.494 e. The number of aryl methyl sites for hydroxylation is 1. The monoisotopic (exact) mass is 414 g/mol. The van der Waals surface area contributed by atoms with E-state index in [9.17, 15) is 14.4 Å². The van der Waals surface area contributed by atoms with E-state index in [1.807, 2.05) is 19.1 Å². The first-order valence-corrected chi connectivity index (χ1v) is 10.1. The highest BCUT2D eigenvalue weighted by Crippen LogP contribution is 2.38. The number of rotatable bonds is 8. The summed E-state index contributed by atoms with van der Waals surface area (Å²) in [5.41, 5.74) is 7.56. The van der Waals surface area contributed by atoms with Crippen molar-refractivity contribution in [1.82, 2.24) is 0 Å². The first-order chi connectivity index (χ1) is 14.0. The fourth-order valence-corrected chi connectivity index (χ4v) is 4.42. The molecule has 1 aromatic heterocycles. The number of carbonyl (C=O) groups excluding carboxylic acids is 3. The molecule has 8 heteroatoms. The number of fused-ring (bicyclic) bond motifs is 1. The first kappa shape index (κ1) is 20.6. The molecule has 0 atom stereocenters. The average Bonchev–Trinajstić information content (AvgIpc) is 3.26. The number of anilines is 1. The number of hydrogen-bond donors (Lipinski definition) is 2. The molecule has 1 aliphatic carbocycles. The maximum absolute atomic E-state index is 12.1. The lowest BCUT2D eigenvalue weighted by atomic mass is 10.1. The Morgan fingerprint density at radius 2 is 1.97 bits per heavy atom. The van der Waals surface area contributed by atoms with Crippen LogP contribution in [0.15, 0.2) is 30.3 Å². The van der Waals surface area contributed by atoms with E-state index < -0.39 is 24.4 Å². The van der Waals surface area contributed by atoms with Gasteiger partial charge in [0, 0.05) is 11.0 Å². The minimum Gasteiger partial charge on any atom is -0.494 e. The van der Waals surface area contributed by atoms with Gasteiger partial charge in [0.15, 0.2) is 6.61 Å². The van der Waals surface area contributed by atoms with E-state index in [-0.39, 0.29) is 0 Å². The standard InChI is InChI=1S/C21H22N2O5S/c1-2-27-14-9-6-13(7-10-14)8-11-18(25)28-12-17(24)23-21-19(20(22)26)15-4-3-5-16(15)29-21/h6-11H,2-5,12H2,1H3,(H2,22,26)(H,23,24)/b11-8+. The summed E-state index contributed by atoms with van der Waals surface area (Å²) in [6.45, 7) is 2.03. The lowest BCUT2D eigenvalue weighted by Crippen LogP contribution is -2.22. The number of hydrogen-bond acceptors (Lipinski definition) is 6. The number of amides is 2. The molecule has 0 bridgehead atoms. The third-order valence-electron chi connectivity index (χ3n) is 4.37. The Morgan fingerprint density at radius 3 is 2.66 bits per heavy atom. The highest BCUT2D eigenvalue weighted by atomic mass is 32.1. The van der Waals surface area contributed by atoms with Gasteiger partial charge in [0.2, 0.25) is 0 Å². The van der Waals surface area contributed by atoms with Crippen molar-refractivity contribution in [3.05, 3.63) is 51.9 Å². The van der Waals surface area contributed by atoms with Gasteiger partial charge in [-0.2, -0.15) is 0 Å². The Bertz CT molecular complexity index is 947. The Balaban J connectivity index is 1.52. The summed E-state index contributed by atoms with van der Waals surface area (Å²) in [7, 11) is 0. The maximum Gasteiger partial charge on any atom is 0.331 e. The molecule has 152 valence electrons. The molecule has 0 aliphatic heterocycles. The van der Waals surface area contributed by atoms with Crippen molar-refractivity contribution in [3.63, 3.8) is 0 Å². The Kier molecular flexibility index (Phi) is 6.66. The molecule has 0 saturated carbocycles. The zero-order valence-electron chi connectivity index (χ0n) is 16.0. The van der Waals surface area contributed by atoms with Gasteiger partial charge in [-0.1, -0.05) is 12.1 Å². The summed E-state index contributed by atoms with van der Waals surface area (Å²) in [5.74, 6) is -0.971. The summed E-state index contributed by atoms with van der Waals surface area (Å²) in [6, 6.07) is 7.22. The molecule has 3 rings (SSSR count). The van der Waals surface area contributed by atoms with Crippen LogP contribution in [0.3, 0.4) is 0 Å². The SMILES string of the molecule is CCOc1ccc(/C=C/C(=O)OCC(=O)Nc2sc3c(c2C(N)=O)CCC3)cc1. The number of ether oxygens (including phenoxy) is 2. The molecular formula is C21H22N2O5S. The van der Waals surface area contributed by atoms with Gasteiger partial charge in [-0.05, 0) is 55.5 Å². The van der Waals surface area contributed by atoms with E-state index in [1.54, 1.807) is 18.2 Å². The highest BCUT2D eigenvalue weighted by Gasteiger charge is 2.26. The Morgan fingerprint density at radius 1 is 1.21 bits per heavy atom. The van der Waals surface area contributed by atoms with Crippen molar-refractivity contribution in [2.75, 3.05) is 18.5 Å². The Hall–Kier alpha value is -3.13. The van der Waals surface area contributed by atoms with Crippen molar-refractivity contribution < 1.29 is 23.9 Å². The van der Waals surface area contributed by atoms with Crippen molar-refractivity contribution in [2.45, 2.75) is 26.2 Å². The first-order valence-electron chi connectivity index (χ1n) is 9.29.